The van der Waals surface area contributed by atoms with Crippen LogP contribution in [0.1, 0.15) is 194 Å². The average molecular weight is 647 g/mol. The maximum Gasteiger partial charge on any atom is 1.00 e. The maximum atomic E-state index is 10.3. The van der Waals surface area contributed by atoms with Crippen LogP contribution in [-0.2, 0) is 14.9 Å². The Bertz CT molecular complexity index is 727. The normalized spacial score (nSPS) is 11.2. The van der Waals surface area contributed by atoms with Crippen LogP contribution in [0, 0.1) is 0 Å². The minimum Gasteiger partial charge on any atom is -0.744 e. The van der Waals surface area contributed by atoms with E-state index < -0.39 is 10.1 Å². The van der Waals surface area contributed by atoms with Crippen LogP contribution in [0.3, 0.4) is 0 Å². The Hall–Kier alpha value is 0.0900. The molecule has 0 saturated carbocycles. The molecule has 0 aliphatic heterocycles. The summed E-state index contributed by atoms with van der Waals surface area (Å²) in [6, 6.07) is 7.19. The van der Waals surface area contributed by atoms with Crippen molar-refractivity contribution in [3.63, 3.8) is 0 Å². The molecule has 0 atom stereocenters. The van der Waals surface area contributed by atoms with Crippen molar-refractivity contribution in [2.75, 3.05) is 13.2 Å². The van der Waals surface area contributed by atoms with Gasteiger partial charge >= 0.3 is 29.6 Å². The first kappa shape index (κ1) is 46.2. The predicted octanol–water partition coefficient (Wildman–Crippen LogP) is 9.56. The van der Waals surface area contributed by atoms with Crippen LogP contribution < -0.4 is 29.6 Å². The van der Waals surface area contributed by atoms with Crippen molar-refractivity contribution in [3.05, 3.63) is 30.3 Å². The Balaban J connectivity index is 0. The van der Waals surface area contributed by atoms with Gasteiger partial charge in [0.25, 0.3) is 0 Å². The fourth-order valence-electron chi connectivity index (χ4n) is 5.49. The molecule has 0 aliphatic rings. The Morgan fingerprint density at radius 1 is 0.455 bits per heavy atom. The molecule has 0 bridgehead atoms. The molecule has 0 saturated heterocycles. The standard InChI is InChI=1S/C32H66O.C6H6O3S.Na/c1-3-5-7-9-11-13-15-17-19-21-23-25-27-29-31-33-32-30-28-26-24-22-20-18-16-14-12-10-8-6-4-2;7-10(8,9)6-4-2-1-3-5-6;/h3-32H2,1-2H3;1-5H,(H,7,8,9);/q;;+1/p-1. The molecule has 1 aromatic carbocycles. The third kappa shape index (κ3) is 36.6. The van der Waals surface area contributed by atoms with Crippen LogP contribution in [0.25, 0.3) is 0 Å². The van der Waals surface area contributed by atoms with E-state index in [4.69, 9.17) is 4.74 Å². The van der Waals surface area contributed by atoms with Crippen molar-refractivity contribution >= 4 is 10.1 Å². The molecule has 0 heterocycles. The van der Waals surface area contributed by atoms with E-state index in [-0.39, 0.29) is 34.5 Å². The summed E-state index contributed by atoms with van der Waals surface area (Å²) in [5, 5.41) is 0. The van der Waals surface area contributed by atoms with Gasteiger partial charge in [-0.15, -0.1) is 0 Å². The van der Waals surface area contributed by atoms with Crippen molar-refractivity contribution in [2.45, 2.75) is 199 Å². The molecule has 0 amide bonds. The van der Waals surface area contributed by atoms with Crippen molar-refractivity contribution in [3.8, 4) is 0 Å². The summed E-state index contributed by atoms with van der Waals surface area (Å²) in [6.07, 6.45) is 40.1. The smallest absolute Gasteiger partial charge is 0.744 e. The monoisotopic (exact) mass is 646 g/mol. The molecule has 44 heavy (non-hydrogen) atoms. The largest absolute Gasteiger partial charge is 1.00 e. The van der Waals surface area contributed by atoms with Gasteiger partial charge in [-0.05, 0) is 25.0 Å². The summed E-state index contributed by atoms with van der Waals surface area (Å²) in [7, 11) is -4.25. The molecule has 0 radical (unpaired) electrons. The Morgan fingerprint density at radius 3 is 0.932 bits per heavy atom. The molecule has 4 nitrogen and oxygen atoms in total. The van der Waals surface area contributed by atoms with Crippen LogP contribution >= 0.6 is 0 Å². The third-order valence-electron chi connectivity index (χ3n) is 8.32. The quantitative estimate of drug-likeness (QED) is 0.0458. The molecule has 254 valence electrons. The van der Waals surface area contributed by atoms with Gasteiger partial charge in [0.05, 0.1) is 4.90 Å². The molecular formula is C38H71NaO4S. The van der Waals surface area contributed by atoms with Gasteiger partial charge in [-0.1, -0.05) is 199 Å². The summed E-state index contributed by atoms with van der Waals surface area (Å²) >= 11 is 0. The number of hydrogen-bond acceptors (Lipinski definition) is 4. The van der Waals surface area contributed by atoms with E-state index >= 15 is 0 Å². The fourth-order valence-corrected chi connectivity index (χ4v) is 5.98. The predicted molar refractivity (Wildman–Crippen MR) is 186 cm³/mol. The second-order valence-electron chi connectivity index (χ2n) is 12.6. The molecule has 0 spiro atoms. The van der Waals surface area contributed by atoms with Gasteiger partial charge < -0.3 is 9.29 Å². The van der Waals surface area contributed by atoms with E-state index in [0.29, 0.717) is 0 Å². The molecule has 0 unspecified atom stereocenters. The van der Waals surface area contributed by atoms with Crippen LogP contribution in [0.15, 0.2) is 35.2 Å². The van der Waals surface area contributed by atoms with E-state index in [1.165, 1.54) is 204 Å². The summed E-state index contributed by atoms with van der Waals surface area (Å²) in [4.78, 5) is -0.185. The van der Waals surface area contributed by atoms with Gasteiger partial charge in [-0.2, -0.15) is 0 Å². The van der Waals surface area contributed by atoms with Crippen molar-refractivity contribution in [1.82, 2.24) is 0 Å². The van der Waals surface area contributed by atoms with Gasteiger partial charge in [0, 0.05) is 13.2 Å². The maximum absolute atomic E-state index is 10.3. The van der Waals surface area contributed by atoms with Gasteiger partial charge in [0.15, 0.2) is 0 Å². The minimum absolute atomic E-state index is 0. The van der Waals surface area contributed by atoms with E-state index in [1.54, 1.807) is 6.07 Å². The second kappa shape index (κ2) is 37.5. The van der Waals surface area contributed by atoms with E-state index in [9.17, 15) is 13.0 Å². The van der Waals surface area contributed by atoms with E-state index in [0.717, 1.165) is 13.2 Å². The molecule has 1 rings (SSSR count). The summed E-state index contributed by atoms with van der Waals surface area (Å²) in [5.74, 6) is 0. The summed E-state index contributed by atoms with van der Waals surface area (Å²) in [6.45, 7) is 6.59. The number of ether oxygens (including phenoxy) is 1. The summed E-state index contributed by atoms with van der Waals surface area (Å²) in [5.41, 5.74) is 0. The topological polar surface area (TPSA) is 66.4 Å². The van der Waals surface area contributed by atoms with E-state index in [2.05, 4.69) is 13.8 Å². The molecule has 0 N–H and O–H groups in total. The fraction of sp³-hybridized carbons (Fsp3) is 0.842. The number of benzene rings is 1. The third-order valence-corrected chi connectivity index (χ3v) is 9.17. The first-order valence-corrected chi connectivity index (χ1v) is 20.0. The number of hydrogen-bond donors (Lipinski definition) is 0. The van der Waals surface area contributed by atoms with E-state index in [1.807, 2.05) is 0 Å². The van der Waals surface area contributed by atoms with Crippen LogP contribution in [0.4, 0.5) is 0 Å². The van der Waals surface area contributed by atoms with Crippen LogP contribution in [0.5, 0.6) is 0 Å². The average Bonchev–Trinajstić information content (AvgIpc) is 3.00. The zero-order chi connectivity index (χ0) is 31.5. The Labute approximate surface area is 297 Å². The molecule has 6 heteroatoms. The minimum atomic E-state index is -4.25. The van der Waals surface area contributed by atoms with Gasteiger partial charge in [-0.3, -0.25) is 0 Å². The first-order valence-electron chi connectivity index (χ1n) is 18.6. The van der Waals surface area contributed by atoms with Crippen molar-refractivity contribution < 1.29 is 47.3 Å². The molecule has 0 aliphatic carbocycles. The zero-order valence-corrected chi connectivity index (χ0v) is 32.5. The SMILES string of the molecule is CCCCCCCCCCCCCCCCOCCCCCCCCCCCCCCCC.O=S(=O)([O-])c1ccccc1.[Na+]. The van der Waals surface area contributed by atoms with Gasteiger partial charge in [0.1, 0.15) is 10.1 Å². The van der Waals surface area contributed by atoms with Crippen molar-refractivity contribution in [1.29, 1.82) is 0 Å². The molecule has 0 fully saturated rings. The molecular weight excluding hydrogens is 575 g/mol. The summed E-state index contributed by atoms with van der Waals surface area (Å²) < 4.78 is 36.7. The van der Waals surface area contributed by atoms with Gasteiger partial charge in [0.2, 0.25) is 0 Å². The Morgan fingerprint density at radius 2 is 0.705 bits per heavy atom. The number of rotatable bonds is 31. The molecule has 0 aromatic heterocycles. The van der Waals surface area contributed by atoms with Crippen molar-refractivity contribution in [2.24, 2.45) is 0 Å². The van der Waals surface area contributed by atoms with Crippen LogP contribution in [0.2, 0.25) is 0 Å². The second-order valence-corrected chi connectivity index (χ2v) is 14.0. The zero-order valence-electron chi connectivity index (χ0n) is 29.6. The van der Waals surface area contributed by atoms with Crippen LogP contribution in [-0.4, -0.2) is 26.2 Å². The van der Waals surface area contributed by atoms with Gasteiger partial charge in [-0.25, -0.2) is 8.42 Å². The number of unbranched alkanes of at least 4 members (excludes halogenated alkanes) is 26. The Kier molecular flexibility index (Phi) is 39.4. The first-order chi connectivity index (χ1) is 21.0. The molecule has 1 aromatic rings.